The van der Waals surface area contributed by atoms with Gasteiger partial charge in [0.25, 0.3) is 0 Å². The van der Waals surface area contributed by atoms with Gasteiger partial charge in [0.2, 0.25) is 0 Å². The highest BCUT2D eigenvalue weighted by Gasteiger charge is 2.17. The number of amides is 2. The zero-order valence-electron chi connectivity index (χ0n) is 14.6. The molecule has 0 radical (unpaired) electrons. The van der Waals surface area contributed by atoms with Crippen molar-refractivity contribution in [3.05, 3.63) is 52.7 Å². The third-order valence-corrected chi connectivity index (χ3v) is 3.92. The van der Waals surface area contributed by atoms with Crippen LogP contribution in [0.5, 0.6) is 5.75 Å². The normalized spacial score (nSPS) is 13.2. The van der Waals surface area contributed by atoms with Crippen LogP contribution >= 0.6 is 0 Å². The van der Waals surface area contributed by atoms with Gasteiger partial charge in [0, 0.05) is 5.56 Å². The Labute approximate surface area is 141 Å². The maximum atomic E-state index is 13.8. The molecule has 0 bridgehead atoms. The van der Waals surface area contributed by atoms with E-state index < -0.39 is 5.82 Å². The number of furan rings is 1. The predicted octanol–water partition coefficient (Wildman–Crippen LogP) is 4.17. The van der Waals surface area contributed by atoms with Crippen molar-refractivity contribution in [2.75, 3.05) is 7.11 Å². The highest BCUT2D eigenvalue weighted by atomic mass is 19.1. The standard InChI is InChI=1S/C18H23FN2O3/c1-10-8-15(13(4)24-10)12(3)21-18(22)20-11(2)14-6-7-17(23-5)16(19)9-14/h6-9,11-12H,1-5H3,(H2,20,21,22). The third kappa shape index (κ3) is 4.07. The van der Waals surface area contributed by atoms with Crippen LogP contribution < -0.4 is 15.4 Å². The number of hydrogen-bond acceptors (Lipinski definition) is 3. The predicted molar refractivity (Wildman–Crippen MR) is 89.6 cm³/mol. The summed E-state index contributed by atoms with van der Waals surface area (Å²) in [4.78, 5) is 12.2. The molecule has 2 unspecified atom stereocenters. The highest BCUT2D eigenvalue weighted by Crippen LogP contribution is 2.23. The van der Waals surface area contributed by atoms with E-state index in [0.717, 1.165) is 17.1 Å². The molecule has 2 rings (SSSR count). The number of halogens is 1. The topological polar surface area (TPSA) is 63.5 Å². The second-order valence-corrected chi connectivity index (χ2v) is 5.82. The van der Waals surface area contributed by atoms with E-state index >= 15 is 0 Å². The van der Waals surface area contributed by atoms with E-state index in [-0.39, 0.29) is 23.9 Å². The van der Waals surface area contributed by atoms with Crippen molar-refractivity contribution in [2.45, 2.75) is 39.8 Å². The van der Waals surface area contributed by atoms with Gasteiger partial charge in [-0.25, -0.2) is 9.18 Å². The highest BCUT2D eigenvalue weighted by molar-refractivity contribution is 5.75. The van der Waals surface area contributed by atoms with Gasteiger partial charge in [0.15, 0.2) is 11.6 Å². The summed E-state index contributed by atoms with van der Waals surface area (Å²) in [5.41, 5.74) is 1.59. The Hall–Kier alpha value is -2.50. The number of methoxy groups -OCH3 is 1. The quantitative estimate of drug-likeness (QED) is 0.863. The smallest absolute Gasteiger partial charge is 0.315 e. The van der Waals surface area contributed by atoms with Crippen LogP contribution in [0.3, 0.4) is 0 Å². The first-order valence-electron chi connectivity index (χ1n) is 7.79. The van der Waals surface area contributed by atoms with Crippen molar-refractivity contribution >= 4 is 6.03 Å². The van der Waals surface area contributed by atoms with Crippen LogP contribution in [0.1, 0.15) is 48.6 Å². The second kappa shape index (κ2) is 7.38. The van der Waals surface area contributed by atoms with Gasteiger partial charge >= 0.3 is 6.03 Å². The number of nitrogens with one attached hydrogen (secondary N) is 2. The molecule has 6 heteroatoms. The van der Waals surface area contributed by atoms with Crippen LogP contribution in [0, 0.1) is 19.7 Å². The van der Waals surface area contributed by atoms with Gasteiger partial charge in [-0.05, 0) is 51.5 Å². The fourth-order valence-electron chi connectivity index (χ4n) is 2.63. The first-order valence-corrected chi connectivity index (χ1v) is 7.79. The molecule has 1 aromatic heterocycles. The van der Waals surface area contributed by atoms with Crippen LogP contribution in [0.4, 0.5) is 9.18 Å². The van der Waals surface area contributed by atoms with Crippen molar-refractivity contribution in [3.63, 3.8) is 0 Å². The minimum absolute atomic E-state index is 0.176. The first kappa shape index (κ1) is 17.8. The fraction of sp³-hybridized carbons (Fsp3) is 0.389. The minimum atomic E-state index is -0.457. The Morgan fingerprint density at radius 3 is 2.38 bits per heavy atom. The Balaban J connectivity index is 1.98. The molecule has 24 heavy (non-hydrogen) atoms. The Bertz CT molecular complexity index is 727. The Morgan fingerprint density at radius 1 is 1.17 bits per heavy atom. The van der Waals surface area contributed by atoms with Gasteiger partial charge in [-0.2, -0.15) is 0 Å². The molecule has 5 nitrogen and oxygen atoms in total. The summed E-state index contributed by atoms with van der Waals surface area (Å²) >= 11 is 0. The number of urea groups is 1. The fourth-order valence-corrected chi connectivity index (χ4v) is 2.63. The van der Waals surface area contributed by atoms with E-state index in [9.17, 15) is 9.18 Å². The van der Waals surface area contributed by atoms with Crippen molar-refractivity contribution in [3.8, 4) is 5.75 Å². The van der Waals surface area contributed by atoms with Gasteiger partial charge in [0.1, 0.15) is 11.5 Å². The lowest BCUT2D eigenvalue weighted by molar-refractivity contribution is 0.235. The maximum Gasteiger partial charge on any atom is 0.315 e. The SMILES string of the molecule is COc1ccc(C(C)NC(=O)NC(C)c2cc(C)oc2C)cc1F. The summed E-state index contributed by atoms with van der Waals surface area (Å²) in [7, 11) is 1.41. The summed E-state index contributed by atoms with van der Waals surface area (Å²) in [6.07, 6.45) is 0. The van der Waals surface area contributed by atoms with Crippen LogP contribution in [0.2, 0.25) is 0 Å². The molecule has 1 heterocycles. The maximum absolute atomic E-state index is 13.8. The molecule has 2 amide bonds. The largest absolute Gasteiger partial charge is 0.494 e. The van der Waals surface area contributed by atoms with E-state index in [2.05, 4.69) is 10.6 Å². The van der Waals surface area contributed by atoms with Gasteiger partial charge in [0.05, 0.1) is 19.2 Å². The molecule has 0 saturated carbocycles. The van der Waals surface area contributed by atoms with E-state index in [4.69, 9.17) is 9.15 Å². The number of rotatable bonds is 5. The zero-order chi connectivity index (χ0) is 17.9. The van der Waals surface area contributed by atoms with Gasteiger partial charge in [-0.3, -0.25) is 0 Å². The van der Waals surface area contributed by atoms with Crippen molar-refractivity contribution in [1.82, 2.24) is 10.6 Å². The summed E-state index contributed by atoms with van der Waals surface area (Å²) in [6.45, 7) is 7.40. The molecule has 0 aliphatic heterocycles. The van der Waals surface area contributed by atoms with Crippen LogP contribution in [-0.4, -0.2) is 13.1 Å². The van der Waals surface area contributed by atoms with Crippen molar-refractivity contribution in [1.29, 1.82) is 0 Å². The molecule has 0 aliphatic rings. The number of ether oxygens (including phenoxy) is 1. The molecule has 0 spiro atoms. The Morgan fingerprint density at radius 2 is 1.83 bits per heavy atom. The average molecular weight is 334 g/mol. The average Bonchev–Trinajstić information content (AvgIpc) is 2.85. The first-order chi connectivity index (χ1) is 11.3. The summed E-state index contributed by atoms with van der Waals surface area (Å²) in [5, 5.41) is 5.66. The lowest BCUT2D eigenvalue weighted by Gasteiger charge is -2.18. The number of hydrogen-bond donors (Lipinski definition) is 2. The zero-order valence-corrected chi connectivity index (χ0v) is 14.6. The lowest BCUT2D eigenvalue weighted by Crippen LogP contribution is -2.38. The van der Waals surface area contributed by atoms with Crippen LogP contribution in [0.15, 0.2) is 28.7 Å². The van der Waals surface area contributed by atoms with E-state index in [1.165, 1.54) is 13.2 Å². The number of aryl methyl sites for hydroxylation is 2. The number of carbonyl (C=O) groups is 1. The molecule has 0 aliphatic carbocycles. The molecule has 2 aromatic rings. The number of carbonyl (C=O) groups excluding carboxylic acids is 1. The van der Waals surface area contributed by atoms with Crippen molar-refractivity contribution in [2.24, 2.45) is 0 Å². The summed E-state index contributed by atoms with van der Waals surface area (Å²) < 4.78 is 24.1. The van der Waals surface area contributed by atoms with Gasteiger partial charge < -0.3 is 19.8 Å². The summed E-state index contributed by atoms with van der Waals surface area (Å²) in [5.74, 6) is 1.31. The van der Waals surface area contributed by atoms with Crippen molar-refractivity contribution < 1.29 is 18.3 Å². The van der Waals surface area contributed by atoms with Gasteiger partial charge in [-0.15, -0.1) is 0 Å². The molecule has 0 saturated heterocycles. The van der Waals surface area contributed by atoms with E-state index in [1.807, 2.05) is 26.8 Å². The molecule has 0 fully saturated rings. The molecule has 1 aromatic carbocycles. The van der Waals surface area contributed by atoms with E-state index in [1.54, 1.807) is 19.1 Å². The second-order valence-electron chi connectivity index (χ2n) is 5.82. The molecular weight excluding hydrogens is 311 g/mol. The minimum Gasteiger partial charge on any atom is -0.494 e. The molecular formula is C18H23FN2O3. The molecule has 2 N–H and O–H groups in total. The Kier molecular flexibility index (Phi) is 5.49. The van der Waals surface area contributed by atoms with Gasteiger partial charge in [-0.1, -0.05) is 6.07 Å². The van der Waals surface area contributed by atoms with Crippen LogP contribution in [-0.2, 0) is 0 Å². The molecule has 130 valence electrons. The van der Waals surface area contributed by atoms with Crippen LogP contribution in [0.25, 0.3) is 0 Å². The number of benzene rings is 1. The monoisotopic (exact) mass is 334 g/mol. The summed E-state index contributed by atoms with van der Waals surface area (Å²) in [6, 6.07) is 5.66. The third-order valence-electron chi connectivity index (χ3n) is 3.92. The lowest BCUT2D eigenvalue weighted by atomic mass is 10.1. The molecule has 2 atom stereocenters. The van der Waals surface area contributed by atoms with E-state index in [0.29, 0.717) is 5.56 Å².